The van der Waals surface area contributed by atoms with E-state index in [4.69, 9.17) is 0 Å². The summed E-state index contributed by atoms with van der Waals surface area (Å²) in [6.07, 6.45) is 1.76. The third-order valence-corrected chi connectivity index (χ3v) is 4.49. The number of thiophene rings is 1. The van der Waals surface area contributed by atoms with Crippen molar-refractivity contribution in [3.8, 4) is 0 Å². The van der Waals surface area contributed by atoms with Gasteiger partial charge in [0.25, 0.3) is 0 Å². The zero-order chi connectivity index (χ0) is 14.5. The molecule has 0 aromatic carbocycles. The fourth-order valence-electron chi connectivity index (χ4n) is 2.72. The molecule has 1 saturated heterocycles. The number of aliphatic hydroxyl groups excluding tert-OH is 1. The van der Waals surface area contributed by atoms with Crippen molar-refractivity contribution in [1.82, 2.24) is 5.32 Å². The van der Waals surface area contributed by atoms with Gasteiger partial charge in [0.05, 0.1) is 0 Å². The molecule has 0 radical (unpaired) electrons. The lowest BCUT2D eigenvalue weighted by Crippen LogP contribution is -2.51. The Hall–Kier alpha value is -1.07. The number of carbonyl (C=O) groups is 1. The summed E-state index contributed by atoms with van der Waals surface area (Å²) < 4.78 is 0. The van der Waals surface area contributed by atoms with E-state index in [2.05, 4.69) is 27.0 Å². The monoisotopic (exact) mass is 296 g/mol. The highest BCUT2D eigenvalue weighted by atomic mass is 32.1. The second-order valence-corrected chi connectivity index (χ2v) is 6.64. The average Bonchev–Trinajstić information content (AvgIpc) is 2.92. The molecule has 0 aliphatic carbocycles. The standard InChI is InChI=1S/C15H24N2O2S/c1-11(2)15(19)16-13-7-12(3-5-18)8-17(9-13)14-4-6-20-10-14/h4,6,10-13,18H,3,5,7-9H2,1-2H3,(H,16,19). The molecular weight excluding hydrogens is 272 g/mol. The number of nitrogens with zero attached hydrogens (tertiary/aromatic N) is 1. The molecule has 1 amide bonds. The van der Waals surface area contributed by atoms with Crippen LogP contribution in [0.5, 0.6) is 0 Å². The number of amides is 1. The van der Waals surface area contributed by atoms with Crippen molar-refractivity contribution in [1.29, 1.82) is 0 Å². The number of carbonyl (C=O) groups excluding carboxylic acids is 1. The molecule has 1 aromatic heterocycles. The van der Waals surface area contributed by atoms with Crippen LogP contribution in [0.25, 0.3) is 0 Å². The van der Waals surface area contributed by atoms with Gasteiger partial charge < -0.3 is 15.3 Å². The van der Waals surface area contributed by atoms with E-state index < -0.39 is 0 Å². The van der Waals surface area contributed by atoms with E-state index in [9.17, 15) is 9.90 Å². The van der Waals surface area contributed by atoms with Crippen LogP contribution in [0.15, 0.2) is 16.8 Å². The highest BCUT2D eigenvalue weighted by Crippen LogP contribution is 2.26. The van der Waals surface area contributed by atoms with E-state index in [1.807, 2.05) is 13.8 Å². The minimum atomic E-state index is 0.0165. The molecule has 0 spiro atoms. The summed E-state index contributed by atoms with van der Waals surface area (Å²) >= 11 is 1.69. The van der Waals surface area contributed by atoms with Crippen molar-refractivity contribution in [3.05, 3.63) is 16.8 Å². The van der Waals surface area contributed by atoms with Gasteiger partial charge in [-0.1, -0.05) is 13.8 Å². The van der Waals surface area contributed by atoms with Gasteiger partial charge in [-0.2, -0.15) is 11.3 Å². The fourth-order valence-corrected chi connectivity index (χ4v) is 3.38. The summed E-state index contributed by atoms with van der Waals surface area (Å²) in [5, 5.41) is 16.5. The first-order valence-corrected chi connectivity index (χ1v) is 8.22. The molecule has 112 valence electrons. The Morgan fingerprint density at radius 3 is 2.95 bits per heavy atom. The van der Waals surface area contributed by atoms with Gasteiger partial charge in [0.2, 0.25) is 5.91 Å². The van der Waals surface area contributed by atoms with Gasteiger partial charge in [-0.25, -0.2) is 0 Å². The molecule has 1 aliphatic heterocycles. The molecule has 0 saturated carbocycles. The van der Waals surface area contributed by atoms with Crippen LogP contribution in [0.3, 0.4) is 0 Å². The fraction of sp³-hybridized carbons (Fsp3) is 0.667. The van der Waals surface area contributed by atoms with Crippen LogP contribution in [-0.2, 0) is 4.79 Å². The number of aliphatic hydroxyl groups is 1. The second-order valence-electron chi connectivity index (χ2n) is 5.86. The highest BCUT2D eigenvalue weighted by Gasteiger charge is 2.28. The molecule has 5 heteroatoms. The molecule has 2 unspecified atom stereocenters. The third-order valence-electron chi connectivity index (χ3n) is 3.82. The zero-order valence-corrected chi connectivity index (χ0v) is 13.0. The van der Waals surface area contributed by atoms with Crippen LogP contribution in [0.4, 0.5) is 5.69 Å². The van der Waals surface area contributed by atoms with Crippen LogP contribution in [0.1, 0.15) is 26.7 Å². The van der Waals surface area contributed by atoms with E-state index in [0.717, 1.165) is 25.9 Å². The SMILES string of the molecule is CC(C)C(=O)NC1CC(CCO)CN(c2ccsc2)C1. The predicted octanol–water partition coefficient (Wildman–Crippen LogP) is 2.10. The van der Waals surface area contributed by atoms with Crippen LogP contribution >= 0.6 is 11.3 Å². The highest BCUT2D eigenvalue weighted by molar-refractivity contribution is 7.08. The normalized spacial score (nSPS) is 23.1. The summed E-state index contributed by atoms with van der Waals surface area (Å²) in [7, 11) is 0. The molecule has 2 atom stereocenters. The maximum atomic E-state index is 11.9. The van der Waals surface area contributed by atoms with Gasteiger partial charge in [0.15, 0.2) is 0 Å². The first-order chi connectivity index (χ1) is 9.60. The number of hydrogen-bond acceptors (Lipinski definition) is 4. The minimum Gasteiger partial charge on any atom is -0.396 e. The van der Waals surface area contributed by atoms with E-state index >= 15 is 0 Å². The summed E-state index contributed by atoms with van der Waals surface area (Å²) in [5.41, 5.74) is 1.22. The Morgan fingerprint density at radius 1 is 1.55 bits per heavy atom. The van der Waals surface area contributed by atoms with Crippen molar-refractivity contribution in [3.63, 3.8) is 0 Å². The number of piperidine rings is 1. The summed E-state index contributed by atoms with van der Waals surface area (Å²) in [4.78, 5) is 14.2. The van der Waals surface area contributed by atoms with Crippen molar-refractivity contribution in [2.75, 3.05) is 24.6 Å². The minimum absolute atomic E-state index is 0.0165. The maximum absolute atomic E-state index is 11.9. The molecule has 1 aliphatic rings. The van der Waals surface area contributed by atoms with E-state index in [1.54, 1.807) is 11.3 Å². The van der Waals surface area contributed by atoms with Crippen molar-refractivity contribution in [2.24, 2.45) is 11.8 Å². The zero-order valence-electron chi connectivity index (χ0n) is 12.2. The Morgan fingerprint density at radius 2 is 2.35 bits per heavy atom. The predicted molar refractivity (Wildman–Crippen MR) is 83.1 cm³/mol. The van der Waals surface area contributed by atoms with Gasteiger partial charge in [-0.3, -0.25) is 4.79 Å². The molecule has 2 heterocycles. The first kappa shape index (κ1) is 15.3. The quantitative estimate of drug-likeness (QED) is 0.875. The Bertz CT molecular complexity index is 420. The smallest absolute Gasteiger partial charge is 0.222 e. The molecule has 20 heavy (non-hydrogen) atoms. The number of nitrogens with one attached hydrogen (secondary N) is 1. The van der Waals surface area contributed by atoms with Gasteiger partial charge in [0.1, 0.15) is 0 Å². The van der Waals surface area contributed by atoms with E-state index in [1.165, 1.54) is 5.69 Å². The van der Waals surface area contributed by atoms with Crippen molar-refractivity contribution >= 4 is 22.9 Å². The molecule has 1 aromatic rings. The summed E-state index contributed by atoms with van der Waals surface area (Å²) in [6.45, 7) is 5.87. The first-order valence-electron chi connectivity index (χ1n) is 7.28. The van der Waals surface area contributed by atoms with Crippen LogP contribution in [0, 0.1) is 11.8 Å². The summed E-state index contributed by atoms with van der Waals surface area (Å²) in [6, 6.07) is 2.29. The van der Waals surface area contributed by atoms with Crippen LogP contribution in [-0.4, -0.2) is 36.8 Å². The van der Waals surface area contributed by atoms with Gasteiger partial charge in [-0.15, -0.1) is 0 Å². The lowest BCUT2D eigenvalue weighted by molar-refractivity contribution is -0.124. The van der Waals surface area contributed by atoms with Crippen molar-refractivity contribution < 1.29 is 9.90 Å². The molecule has 2 rings (SSSR count). The van der Waals surface area contributed by atoms with E-state index in [0.29, 0.717) is 5.92 Å². The topological polar surface area (TPSA) is 52.6 Å². The molecule has 2 N–H and O–H groups in total. The Kier molecular flexibility index (Phi) is 5.43. The Labute approximate surface area is 124 Å². The number of hydrogen-bond donors (Lipinski definition) is 2. The number of anilines is 1. The van der Waals surface area contributed by atoms with Gasteiger partial charge in [0, 0.05) is 42.7 Å². The largest absolute Gasteiger partial charge is 0.396 e. The molecule has 1 fully saturated rings. The van der Waals surface area contributed by atoms with Gasteiger partial charge in [-0.05, 0) is 30.2 Å². The summed E-state index contributed by atoms with van der Waals surface area (Å²) in [5.74, 6) is 0.568. The van der Waals surface area contributed by atoms with Crippen LogP contribution in [0.2, 0.25) is 0 Å². The third kappa shape index (κ3) is 3.96. The van der Waals surface area contributed by atoms with E-state index in [-0.39, 0.29) is 24.5 Å². The second kappa shape index (κ2) is 7.09. The van der Waals surface area contributed by atoms with Gasteiger partial charge >= 0.3 is 0 Å². The lowest BCUT2D eigenvalue weighted by atomic mass is 9.91. The number of rotatable bonds is 5. The maximum Gasteiger partial charge on any atom is 0.222 e. The van der Waals surface area contributed by atoms with Crippen molar-refractivity contribution in [2.45, 2.75) is 32.7 Å². The van der Waals surface area contributed by atoms with Crippen LogP contribution < -0.4 is 10.2 Å². The lowest BCUT2D eigenvalue weighted by Gasteiger charge is -2.39. The molecular formula is C15H24N2O2S. The molecule has 4 nitrogen and oxygen atoms in total. The average molecular weight is 296 g/mol. The Balaban J connectivity index is 2.02. The molecule has 0 bridgehead atoms.